The Hall–Kier alpha value is -1.29. The molecule has 2 saturated carbocycles. The summed E-state index contributed by atoms with van der Waals surface area (Å²) in [6.45, 7) is 4.54. The van der Waals surface area contributed by atoms with Crippen molar-refractivity contribution in [2.45, 2.75) is 83.7 Å². The first-order valence-corrected chi connectivity index (χ1v) is 10.1. The molecule has 0 aliphatic heterocycles. The molecule has 2 aliphatic carbocycles. The molecule has 0 bridgehead atoms. The maximum atomic E-state index is 13.1. The van der Waals surface area contributed by atoms with Crippen molar-refractivity contribution in [2.24, 2.45) is 5.92 Å². The molecule has 2 aliphatic rings. The number of carbonyl (C=O) groups excluding carboxylic acids is 1. The molecule has 25 heavy (non-hydrogen) atoms. The van der Waals surface area contributed by atoms with Crippen LogP contribution in [0.5, 0.6) is 0 Å². The smallest absolute Gasteiger partial charge is 0.255 e. The molecule has 1 amide bonds. The Morgan fingerprint density at radius 2 is 1.76 bits per heavy atom. The summed E-state index contributed by atoms with van der Waals surface area (Å²) in [5.74, 6) is 0.596. The van der Waals surface area contributed by atoms with E-state index in [1.807, 2.05) is 11.9 Å². The fourth-order valence-electron chi connectivity index (χ4n) is 4.97. The molecule has 1 aromatic heterocycles. The first kappa shape index (κ1) is 18.5. The van der Waals surface area contributed by atoms with Gasteiger partial charge >= 0.3 is 0 Å². The van der Waals surface area contributed by atoms with E-state index in [1.54, 1.807) is 0 Å². The van der Waals surface area contributed by atoms with Gasteiger partial charge in [0.05, 0.1) is 5.56 Å². The van der Waals surface area contributed by atoms with Gasteiger partial charge in [0, 0.05) is 37.1 Å². The molecule has 140 valence electrons. The van der Waals surface area contributed by atoms with E-state index >= 15 is 0 Å². The van der Waals surface area contributed by atoms with Gasteiger partial charge in [-0.2, -0.15) is 0 Å². The van der Waals surface area contributed by atoms with Crippen molar-refractivity contribution in [3.63, 3.8) is 0 Å². The topological polar surface area (TPSA) is 45.5 Å². The lowest BCUT2D eigenvalue weighted by molar-refractivity contribution is 0.0652. The van der Waals surface area contributed by atoms with Gasteiger partial charge in [-0.15, -0.1) is 0 Å². The number of aliphatic hydroxyl groups excluding tert-OH is 1. The Kier molecular flexibility index (Phi) is 5.88. The van der Waals surface area contributed by atoms with E-state index in [9.17, 15) is 9.90 Å². The van der Waals surface area contributed by atoms with Crippen LogP contribution < -0.4 is 0 Å². The highest BCUT2D eigenvalue weighted by Crippen LogP contribution is 2.33. The van der Waals surface area contributed by atoms with E-state index in [0.29, 0.717) is 18.0 Å². The molecule has 3 rings (SSSR count). The number of aryl methyl sites for hydroxylation is 1. The van der Waals surface area contributed by atoms with Crippen LogP contribution in [0.3, 0.4) is 0 Å². The highest BCUT2D eigenvalue weighted by Gasteiger charge is 2.29. The summed E-state index contributed by atoms with van der Waals surface area (Å²) in [5, 5.41) is 9.31. The molecule has 0 aromatic carbocycles. The highest BCUT2D eigenvalue weighted by molar-refractivity contribution is 5.95. The second-order valence-electron chi connectivity index (χ2n) is 8.22. The van der Waals surface area contributed by atoms with Crippen LogP contribution in [-0.4, -0.2) is 40.2 Å². The molecular formula is C21H34N2O2. The summed E-state index contributed by atoms with van der Waals surface area (Å²) >= 11 is 0. The van der Waals surface area contributed by atoms with Crippen LogP contribution in [0.2, 0.25) is 0 Å². The maximum absolute atomic E-state index is 13.1. The molecule has 0 saturated heterocycles. The third-order valence-corrected chi connectivity index (χ3v) is 6.60. The summed E-state index contributed by atoms with van der Waals surface area (Å²) in [5.41, 5.74) is 3.25. The second-order valence-corrected chi connectivity index (χ2v) is 8.22. The third kappa shape index (κ3) is 3.79. The maximum Gasteiger partial charge on any atom is 0.255 e. The SMILES string of the molecule is Cc1cc(C(=O)N(C)C2CCC(CO)CC2)c(C)n1C1CCCCC1. The Morgan fingerprint density at radius 3 is 2.36 bits per heavy atom. The van der Waals surface area contributed by atoms with Crippen molar-refractivity contribution in [1.82, 2.24) is 9.47 Å². The minimum absolute atomic E-state index is 0.169. The Bertz CT molecular complexity index is 593. The fraction of sp³-hybridized carbons (Fsp3) is 0.762. The molecule has 1 aromatic rings. The van der Waals surface area contributed by atoms with E-state index in [1.165, 1.54) is 37.8 Å². The molecule has 4 heteroatoms. The zero-order chi connectivity index (χ0) is 18.0. The average molecular weight is 347 g/mol. The van der Waals surface area contributed by atoms with Crippen LogP contribution >= 0.6 is 0 Å². The largest absolute Gasteiger partial charge is 0.396 e. The lowest BCUT2D eigenvalue weighted by Gasteiger charge is -2.34. The summed E-state index contributed by atoms with van der Waals surface area (Å²) in [6.07, 6.45) is 10.5. The predicted octanol–water partition coefficient (Wildman–Crippen LogP) is 4.23. The molecular weight excluding hydrogens is 312 g/mol. The lowest BCUT2D eigenvalue weighted by atomic mass is 9.86. The summed E-state index contributed by atoms with van der Waals surface area (Å²) in [7, 11) is 1.96. The van der Waals surface area contributed by atoms with Gasteiger partial charge in [-0.25, -0.2) is 0 Å². The van der Waals surface area contributed by atoms with Crippen LogP contribution in [-0.2, 0) is 0 Å². The minimum Gasteiger partial charge on any atom is -0.396 e. The van der Waals surface area contributed by atoms with Crippen molar-refractivity contribution in [2.75, 3.05) is 13.7 Å². The van der Waals surface area contributed by atoms with Gasteiger partial charge in [-0.05, 0) is 64.4 Å². The number of nitrogens with zero attached hydrogens (tertiary/aromatic N) is 2. The van der Waals surface area contributed by atoms with E-state index in [2.05, 4.69) is 24.5 Å². The van der Waals surface area contributed by atoms with Crippen LogP contribution in [0.15, 0.2) is 6.07 Å². The summed E-state index contributed by atoms with van der Waals surface area (Å²) < 4.78 is 2.42. The zero-order valence-electron chi connectivity index (χ0n) is 16.1. The van der Waals surface area contributed by atoms with Gasteiger partial charge in [-0.3, -0.25) is 4.79 Å². The van der Waals surface area contributed by atoms with Crippen molar-refractivity contribution >= 4 is 5.91 Å². The molecule has 4 nitrogen and oxygen atoms in total. The summed E-state index contributed by atoms with van der Waals surface area (Å²) in [4.78, 5) is 15.1. The second kappa shape index (κ2) is 7.94. The number of carbonyl (C=O) groups is 1. The van der Waals surface area contributed by atoms with Gasteiger partial charge in [0.2, 0.25) is 0 Å². The van der Waals surface area contributed by atoms with E-state index < -0.39 is 0 Å². The number of amides is 1. The molecule has 2 fully saturated rings. The average Bonchev–Trinajstić information content (AvgIpc) is 2.95. The van der Waals surface area contributed by atoms with Crippen molar-refractivity contribution in [3.8, 4) is 0 Å². The number of aromatic nitrogens is 1. The van der Waals surface area contributed by atoms with E-state index in [4.69, 9.17) is 0 Å². The van der Waals surface area contributed by atoms with Crippen LogP contribution in [0, 0.1) is 19.8 Å². The van der Waals surface area contributed by atoms with Gasteiger partial charge < -0.3 is 14.6 Å². The summed E-state index contributed by atoms with van der Waals surface area (Å²) in [6, 6.07) is 2.98. The highest BCUT2D eigenvalue weighted by atomic mass is 16.3. The van der Waals surface area contributed by atoms with E-state index in [-0.39, 0.29) is 12.5 Å². The molecule has 0 spiro atoms. The van der Waals surface area contributed by atoms with Gasteiger partial charge in [0.15, 0.2) is 0 Å². The first-order valence-electron chi connectivity index (χ1n) is 10.1. The van der Waals surface area contributed by atoms with Gasteiger partial charge in [0.1, 0.15) is 0 Å². The molecule has 0 radical (unpaired) electrons. The van der Waals surface area contributed by atoms with E-state index in [0.717, 1.165) is 36.9 Å². The van der Waals surface area contributed by atoms with Crippen molar-refractivity contribution in [3.05, 3.63) is 23.0 Å². The van der Waals surface area contributed by atoms with Gasteiger partial charge in [0.25, 0.3) is 5.91 Å². The number of hydrogen-bond donors (Lipinski definition) is 1. The normalized spacial score (nSPS) is 25.1. The van der Waals surface area contributed by atoms with Crippen LogP contribution in [0.4, 0.5) is 0 Å². The lowest BCUT2D eigenvalue weighted by Crippen LogP contribution is -2.40. The molecule has 0 unspecified atom stereocenters. The van der Waals surface area contributed by atoms with Crippen molar-refractivity contribution < 1.29 is 9.90 Å². The number of hydrogen-bond acceptors (Lipinski definition) is 2. The quantitative estimate of drug-likeness (QED) is 0.886. The number of aliphatic hydroxyl groups is 1. The zero-order valence-corrected chi connectivity index (χ0v) is 16.1. The molecule has 0 atom stereocenters. The van der Waals surface area contributed by atoms with Crippen LogP contribution in [0.25, 0.3) is 0 Å². The molecule has 1 heterocycles. The molecule has 1 N–H and O–H groups in total. The minimum atomic E-state index is 0.169. The third-order valence-electron chi connectivity index (χ3n) is 6.60. The Morgan fingerprint density at radius 1 is 1.12 bits per heavy atom. The predicted molar refractivity (Wildman–Crippen MR) is 101 cm³/mol. The Labute approximate surface area is 152 Å². The monoisotopic (exact) mass is 346 g/mol. The van der Waals surface area contributed by atoms with Crippen molar-refractivity contribution in [1.29, 1.82) is 0 Å². The first-order chi connectivity index (χ1) is 12.0. The fourth-order valence-corrected chi connectivity index (χ4v) is 4.97. The van der Waals surface area contributed by atoms with Crippen LogP contribution in [0.1, 0.15) is 85.6 Å². The number of rotatable bonds is 4. The Balaban J connectivity index is 1.73. The standard InChI is InChI=1S/C21H34N2O2/c1-15-13-20(16(2)23(15)19-7-5-4-6-8-19)21(25)22(3)18-11-9-17(14-24)10-12-18/h13,17-19,24H,4-12,14H2,1-3H3. The van der Waals surface area contributed by atoms with Gasteiger partial charge in [-0.1, -0.05) is 19.3 Å².